The van der Waals surface area contributed by atoms with Gasteiger partial charge < -0.3 is 10.1 Å². The zero-order chi connectivity index (χ0) is 18.4. The van der Waals surface area contributed by atoms with Gasteiger partial charge in [0, 0.05) is 18.7 Å². The summed E-state index contributed by atoms with van der Waals surface area (Å²) < 4.78 is 5.18. The molecule has 2 aromatic rings. The normalized spacial score (nSPS) is 11.2. The monoisotopic (exact) mass is 363 g/mol. The van der Waals surface area contributed by atoms with Crippen LogP contribution < -0.4 is 10.6 Å². The van der Waals surface area contributed by atoms with Gasteiger partial charge in [0.15, 0.2) is 0 Å². The van der Waals surface area contributed by atoms with Crippen LogP contribution in [0.15, 0.2) is 42.5 Å². The highest BCUT2D eigenvalue weighted by molar-refractivity contribution is 7.17. The molecule has 0 aliphatic heterocycles. The number of esters is 1. The minimum Gasteiger partial charge on any atom is -0.443 e. The van der Waals surface area contributed by atoms with Crippen molar-refractivity contribution in [1.82, 2.24) is 10.6 Å². The van der Waals surface area contributed by atoms with Gasteiger partial charge in [0.25, 0.3) is 5.91 Å². The molecule has 0 radical (unpaired) electrons. The van der Waals surface area contributed by atoms with Crippen molar-refractivity contribution in [3.8, 4) is 0 Å². The molecule has 130 valence electrons. The third kappa shape index (κ3) is 4.61. The highest BCUT2D eigenvalue weighted by Crippen LogP contribution is 2.27. The summed E-state index contributed by atoms with van der Waals surface area (Å²) in [7, 11) is 1.33. The average Bonchev–Trinajstić information content (AvgIpc) is 3.10. The fourth-order valence-electron chi connectivity index (χ4n) is 1.84. The molecule has 0 unspecified atom stereocenters. The van der Waals surface area contributed by atoms with Crippen molar-refractivity contribution >= 4 is 34.2 Å². The van der Waals surface area contributed by atoms with Crippen LogP contribution >= 0.6 is 11.3 Å². The minimum absolute atomic E-state index is 0.0274. The number of nitro groups is 1. The Bertz CT molecular complexity index is 805. The molecule has 1 aromatic carbocycles. The van der Waals surface area contributed by atoms with E-state index in [1.165, 1.54) is 19.2 Å². The number of hydrogen-bond donors (Lipinski definition) is 2. The summed E-state index contributed by atoms with van der Waals surface area (Å²) >= 11 is 0.632. The average molecular weight is 363 g/mol. The Balaban J connectivity index is 2.23. The van der Waals surface area contributed by atoms with E-state index in [-0.39, 0.29) is 9.88 Å². The van der Waals surface area contributed by atoms with E-state index >= 15 is 0 Å². The van der Waals surface area contributed by atoms with Gasteiger partial charge in [-0.3, -0.25) is 20.2 Å². The van der Waals surface area contributed by atoms with Gasteiger partial charge in [-0.1, -0.05) is 41.7 Å². The molecule has 0 aliphatic carbocycles. The van der Waals surface area contributed by atoms with Gasteiger partial charge in [0.1, 0.15) is 4.88 Å². The first-order chi connectivity index (χ1) is 11.9. The summed E-state index contributed by atoms with van der Waals surface area (Å²) in [5.41, 5.74) is 0.350. The Kier molecular flexibility index (Phi) is 5.79. The van der Waals surface area contributed by atoms with Crippen LogP contribution in [-0.4, -0.2) is 29.9 Å². The van der Waals surface area contributed by atoms with Crippen molar-refractivity contribution in [2.45, 2.75) is 6.10 Å². The zero-order valence-electron chi connectivity index (χ0n) is 12.9. The molecular formula is C15H13N3O6S. The van der Waals surface area contributed by atoms with Gasteiger partial charge in [0.2, 0.25) is 6.10 Å². The largest absolute Gasteiger partial charge is 0.443 e. The van der Waals surface area contributed by atoms with E-state index < -0.39 is 28.9 Å². The SMILES string of the molecule is CNC(=O)NC(=O)[C@H](OC(=O)c1ccc([N+](=O)[O-])s1)c1ccccc1. The summed E-state index contributed by atoms with van der Waals surface area (Å²) in [6.07, 6.45) is -1.38. The maximum Gasteiger partial charge on any atom is 0.349 e. The van der Waals surface area contributed by atoms with Gasteiger partial charge in [0.05, 0.1) is 4.92 Å². The topological polar surface area (TPSA) is 128 Å². The van der Waals surface area contributed by atoms with E-state index in [1.807, 2.05) is 5.32 Å². The maximum absolute atomic E-state index is 12.2. The Morgan fingerprint density at radius 2 is 1.84 bits per heavy atom. The number of thiophene rings is 1. The molecule has 2 N–H and O–H groups in total. The quantitative estimate of drug-likeness (QED) is 0.475. The Morgan fingerprint density at radius 1 is 1.16 bits per heavy atom. The van der Waals surface area contributed by atoms with Crippen molar-refractivity contribution in [3.63, 3.8) is 0 Å². The molecule has 0 bridgehead atoms. The van der Waals surface area contributed by atoms with E-state index in [9.17, 15) is 24.5 Å². The molecule has 10 heteroatoms. The molecule has 0 spiro atoms. The molecule has 0 saturated heterocycles. The number of imide groups is 1. The first-order valence-electron chi connectivity index (χ1n) is 6.95. The summed E-state index contributed by atoms with van der Waals surface area (Å²) in [5.74, 6) is -1.75. The predicted octanol–water partition coefficient (Wildman–Crippen LogP) is 2.01. The molecule has 1 atom stereocenters. The smallest absolute Gasteiger partial charge is 0.349 e. The van der Waals surface area contributed by atoms with Crippen molar-refractivity contribution in [2.24, 2.45) is 0 Å². The number of hydrogen-bond acceptors (Lipinski definition) is 7. The fraction of sp³-hybridized carbons (Fsp3) is 0.133. The number of ether oxygens (including phenoxy) is 1. The second-order valence-corrected chi connectivity index (χ2v) is 5.72. The lowest BCUT2D eigenvalue weighted by Gasteiger charge is -2.17. The molecule has 25 heavy (non-hydrogen) atoms. The highest BCUT2D eigenvalue weighted by Gasteiger charge is 2.28. The van der Waals surface area contributed by atoms with Gasteiger partial charge >= 0.3 is 17.0 Å². The second kappa shape index (κ2) is 8.02. The molecule has 2 rings (SSSR count). The van der Waals surface area contributed by atoms with Crippen LogP contribution in [-0.2, 0) is 9.53 Å². The Labute approximate surface area is 145 Å². The van der Waals surface area contributed by atoms with Crippen LogP contribution in [0.3, 0.4) is 0 Å². The number of nitrogens with zero attached hydrogens (tertiary/aromatic N) is 1. The molecule has 1 aromatic heterocycles. The van der Waals surface area contributed by atoms with Crippen LogP contribution in [0.1, 0.15) is 21.3 Å². The lowest BCUT2D eigenvalue weighted by molar-refractivity contribution is -0.380. The van der Waals surface area contributed by atoms with E-state index in [0.29, 0.717) is 16.9 Å². The third-order valence-electron chi connectivity index (χ3n) is 3.00. The summed E-state index contributed by atoms with van der Waals surface area (Å²) in [6, 6.07) is 9.75. The third-order valence-corrected chi connectivity index (χ3v) is 4.02. The molecule has 3 amide bonds. The maximum atomic E-state index is 12.2. The van der Waals surface area contributed by atoms with E-state index in [4.69, 9.17) is 4.74 Å². The van der Waals surface area contributed by atoms with Crippen LogP contribution in [0.4, 0.5) is 9.80 Å². The van der Waals surface area contributed by atoms with Crippen LogP contribution in [0.5, 0.6) is 0 Å². The molecule has 0 fully saturated rings. The fourth-order valence-corrected chi connectivity index (χ4v) is 2.54. The minimum atomic E-state index is -1.38. The number of nitrogens with one attached hydrogen (secondary N) is 2. The number of carbonyl (C=O) groups is 3. The number of rotatable bonds is 5. The predicted molar refractivity (Wildman–Crippen MR) is 88.2 cm³/mol. The van der Waals surface area contributed by atoms with E-state index in [0.717, 1.165) is 0 Å². The van der Waals surface area contributed by atoms with Crippen LogP contribution in [0.25, 0.3) is 0 Å². The number of amides is 3. The molecule has 0 aliphatic rings. The number of benzene rings is 1. The second-order valence-electron chi connectivity index (χ2n) is 4.66. The standard InChI is InChI=1S/C15H13N3O6S/c1-16-15(21)17-13(19)12(9-5-3-2-4-6-9)24-14(20)10-7-8-11(25-10)18(22)23/h2-8,12H,1H3,(H2,16,17,19,21)/t12-/m1/s1. The first-order valence-corrected chi connectivity index (χ1v) is 7.76. The zero-order valence-corrected chi connectivity index (χ0v) is 13.7. The van der Waals surface area contributed by atoms with E-state index in [1.54, 1.807) is 30.3 Å². The summed E-state index contributed by atoms with van der Waals surface area (Å²) in [6.45, 7) is 0. The van der Waals surface area contributed by atoms with Gasteiger partial charge in [-0.15, -0.1) is 0 Å². The highest BCUT2D eigenvalue weighted by atomic mass is 32.1. The number of urea groups is 1. The van der Waals surface area contributed by atoms with E-state index in [2.05, 4.69) is 5.32 Å². The molecule has 1 heterocycles. The lowest BCUT2D eigenvalue weighted by atomic mass is 10.1. The molecule has 9 nitrogen and oxygen atoms in total. The van der Waals surface area contributed by atoms with Crippen molar-refractivity contribution in [1.29, 1.82) is 0 Å². The first kappa shape index (κ1) is 18.1. The van der Waals surface area contributed by atoms with Crippen molar-refractivity contribution in [2.75, 3.05) is 7.05 Å². The summed E-state index contributed by atoms with van der Waals surface area (Å²) in [5, 5.41) is 14.7. The van der Waals surface area contributed by atoms with Gasteiger partial charge in [-0.2, -0.15) is 0 Å². The van der Waals surface area contributed by atoms with Crippen LogP contribution in [0, 0.1) is 10.1 Å². The van der Waals surface area contributed by atoms with Gasteiger partial charge in [-0.05, 0) is 6.07 Å². The van der Waals surface area contributed by atoms with Crippen molar-refractivity contribution in [3.05, 3.63) is 63.0 Å². The van der Waals surface area contributed by atoms with Crippen LogP contribution in [0.2, 0.25) is 0 Å². The summed E-state index contributed by atoms with van der Waals surface area (Å²) in [4.78, 5) is 45.8. The lowest BCUT2D eigenvalue weighted by Crippen LogP contribution is -2.41. The van der Waals surface area contributed by atoms with Crippen molar-refractivity contribution < 1.29 is 24.0 Å². The number of carbonyl (C=O) groups excluding carboxylic acids is 3. The molecular weight excluding hydrogens is 350 g/mol. The Morgan fingerprint density at radius 3 is 2.40 bits per heavy atom. The van der Waals surface area contributed by atoms with Gasteiger partial charge in [-0.25, -0.2) is 9.59 Å². The Hall–Kier alpha value is -3.27. The molecule has 0 saturated carbocycles.